The van der Waals surface area contributed by atoms with Gasteiger partial charge in [-0.2, -0.15) is 0 Å². The fraction of sp³-hybridized carbons (Fsp3) is 0.429. The van der Waals surface area contributed by atoms with Crippen molar-refractivity contribution in [2.75, 3.05) is 0 Å². The summed E-state index contributed by atoms with van der Waals surface area (Å²) >= 11 is 0. The molecule has 0 spiro atoms. The van der Waals surface area contributed by atoms with Gasteiger partial charge in [-0.3, -0.25) is 0 Å². The SMILES string of the molecule is CC(C)=C/C(C)=C/F. The molecule has 46 valence electrons. The topological polar surface area (TPSA) is 0 Å². The molecule has 0 fully saturated rings. The van der Waals surface area contributed by atoms with E-state index in [1.165, 1.54) is 0 Å². The van der Waals surface area contributed by atoms with Gasteiger partial charge in [0.05, 0.1) is 6.33 Å². The highest BCUT2D eigenvalue weighted by Crippen LogP contribution is 1.99. The van der Waals surface area contributed by atoms with Crippen LogP contribution >= 0.6 is 0 Å². The molecule has 0 aromatic rings. The van der Waals surface area contributed by atoms with Crippen LogP contribution in [-0.4, -0.2) is 0 Å². The lowest BCUT2D eigenvalue weighted by Gasteiger charge is -1.86. The fourth-order valence-corrected chi connectivity index (χ4v) is 0.487. The van der Waals surface area contributed by atoms with E-state index >= 15 is 0 Å². The minimum absolute atomic E-state index is 0.604. The molecule has 0 saturated carbocycles. The molecule has 0 aliphatic heterocycles. The van der Waals surface area contributed by atoms with Crippen molar-refractivity contribution in [2.45, 2.75) is 20.8 Å². The summed E-state index contributed by atoms with van der Waals surface area (Å²) in [5.41, 5.74) is 1.79. The maximum absolute atomic E-state index is 11.5. The van der Waals surface area contributed by atoms with E-state index in [4.69, 9.17) is 0 Å². The van der Waals surface area contributed by atoms with E-state index in [9.17, 15) is 4.39 Å². The summed E-state index contributed by atoms with van der Waals surface area (Å²) in [6.45, 7) is 5.60. The van der Waals surface area contributed by atoms with Crippen molar-refractivity contribution < 1.29 is 4.39 Å². The van der Waals surface area contributed by atoms with Crippen LogP contribution in [0, 0.1) is 0 Å². The second-order valence-corrected chi connectivity index (χ2v) is 2.07. The molecule has 0 aromatic heterocycles. The molecule has 0 radical (unpaired) electrons. The van der Waals surface area contributed by atoms with E-state index in [0.717, 1.165) is 5.57 Å². The van der Waals surface area contributed by atoms with Crippen LogP contribution < -0.4 is 0 Å². The van der Waals surface area contributed by atoms with Crippen molar-refractivity contribution in [1.82, 2.24) is 0 Å². The van der Waals surface area contributed by atoms with Gasteiger partial charge >= 0.3 is 0 Å². The first-order valence-electron chi connectivity index (χ1n) is 2.58. The van der Waals surface area contributed by atoms with Crippen molar-refractivity contribution in [3.05, 3.63) is 23.6 Å². The van der Waals surface area contributed by atoms with Crippen LogP contribution in [-0.2, 0) is 0 Å². The fourth-order valence-electron chi connectivity index (χ4n) is 0.487. The summed E-state index contributed by atoms with van der Waals surface area (Å²) < 4.78 is 11.5. The van der Waals surface area contributed by atoms with Crippen molar-refractivity contribution in [1.29, 1.82) is 0 Å². The van der Waals surface area contributed by atoms with E-state index in [1.807, 2.05) is 13.8 Å². The van der Waals surface area contributed by atoms with E-state index in [1.54, 1.807) is 13.0 Å². The Kier molecular flexibility index (Phi) is 3.16. The third kappa shape index (κ3) is 3.59. The lowest BCUT2D eigenvalue weighted by molar-refractivity contribution is 0.713. The summed E-state index contributed by atoms with van der Waals surface area (Å²) in [7, 11) is 0. The Balaban J connectivity index is 3.89. The highest BCUT2D eigenvalue weighted by molar-refractivity contribution is 5.16. The summed E-state index contributed by atoms with van der Waals surface area (Å²) in [6, 6.07) is 0. The molecule has 0 bridgehead atoms. The van der Waals surface area contributed by atoms with Crippen molar-refractivity contribution in [2.24, 2.45) is 0 Å². The third-order valence-corrected chi connectivity index (χ3v) is 0.688. The molecular formula is C7H11F. The Morgan fingerprint density at radius 1 is 1.25 bits per heavy atom. The molecule has 0 aliphatic rings. The zero-order valence-electron chi connectivity index (χ0n) is 5.53. The predicted molar refractivity (Wildman–Crippen MR) is 34.3 cm³/mol. The maximum Gasteiger partial charge on any atom is 0.0896 e. The molecule has 0 rings (SSSR count). The molecule has 0 nitrogen and oxygen atoms in total. The standard InChI is InChI=1S/C7H11F/c1-6(2)4-7(3)5-8/h4-5H,1-3H3/b7-5+. The highest BCUT2D eigenvalue weighted by Gasteiger charge is 1.79. The Hall–Kier alpha value is -0.590. The third-order valence-electron chi connectivity index (χ3n) is 0.688. The molecule has 0 aromatic carbocycles. The Bertz CT molecular complexity index is 116. The first-order chi connectivity index (χ1) is 3.66. The zero-order valence-corrected chi connectivity index (χ0v) is 5.53. The summed E-state index contributed by atoms with van der Waals surface area (Å²) in [5, 5.41) is 0. The Morgan fingerprint density at radius 3 is 1.88 bits per heavy atom. The molecule has 0 aliphatic carbocycles. The van der Waals surface area contributed by atoms with Gasteiger partial charge in [0.2, 0.25) is 0 Å². The smallest absolute Gasteiger partial charge is 0.0896 e. The number of allylic oxidation sites excluding steroid dienone is 3. The lowest BCUT2D eigenvalue weighted by Crippen LogP contribution is -1.66. The number of rotatable bonds is 1. The van der Waals surface area contributed by atoms with Gasteiger partial charge in [-0.15, -0.1) is 0 Å². The van der Waals surface area contributed by atoms with Gasteiger partial charge in [-0.25, -0.2) is 4.39 Å². The molecular weight excluding hydrogens is 103 g/mol. The second-order valence-electron chi connectivity index (χ2n) is 2.07. The number of hydrogen-bond acceptors (Lipinski definition) is 0. The number of halogens is 1. The largest absolute Gasteiger partial charge is 0.215 e. The molecule has 0 unspecified atom stereocenters. The van der Waals surface area contributed by atoms with Crippen molar-refractivity contribution in [3.63, 3.8) is 0 Å². The van der Waals surface area contributed by atoms with Crippen molar-refractivity contribution in [3.8, 4) is 0 Å². The van der Waals surface area contributed by atoms with E-state index < -0.39 is 0 Å². The second kappa shape index (κ2) is 3.42. The van der Waals surface area contributed by atoms with Crippen LogP contribution in [0.1, 0.15) is 20.8 Å². The molecule has 0 heterocycles. The molecule has 0 amide bonds. The first kappa shape index (κ1) is 7.41. The van der Waals surface area contributed by atoms with Crippen LogP contribution in [0.15, 0.2) is 23.6 Å². The highest BCUT2D eigenvalue weighted by atomic mass is 19.1. The lowest BCUT2D eigenvalue weighted by atomic mass is 10.2. The quantitative estimate of drug-likeness (QED) is 0.460. The van der Waals surface area contributed by atoms with E-state index in [2.05, 4.69) is 0 Å². The van der Waals surface area contributed by atoms with Crippen LogP contribution in [0.3, 0.4) is 0 Å². The summed E-state index contributed by atoms with van der Waals surface area (Å²) in [5.74, 6) is 0. The predicted octanol–water partition coefficient (Wildman–Crippen LogP) is 2.83. The molecule has 1 heteroatoms. The van der Waals surface area contributed by atoms with Gasteiger partial charge in [0, 0.05) is 0 Å². The van der Waals surface area contributed by atoms with Crippen LogP contribution in [0.5, 0.6) is 0 Å². The minimum Gasteiger partial charge on any atom is -0.215 e. The monoisotopic (exact) mass is 114 g/mol. The van der Waals surface area contributed by atoms with Crippen LogP contribution in [0.2, 0.25) is 0 Å². The normalized spacial score (nSPS) is 11.2. The Labute approximate surface area is 49.7 Å². The summed E-state index contributed by atoms with van der Waals surface area (Å²) in [4.78, 5) is 0. The van der Waals surface area contributed by atoms with Gasteiger partial charge in [-0.1, -0.05) is 11.6 Å². The minimum atomic E-state index is 0.604. The molecule has 0 atom stereocenters. The van der Waals surface area contributed by atoms with Gasteiger partial charge in [0.1, 0.15) is 0 Å². The maximum atomic E-state index is 11.5. The average molecular weight is 114 g/mol. The zero-order chi connectivity index (χ0) is 6.57. The van der Waals surface area contributed by atoms with Gasteiger partial charge in [0.15, 0.2) is 0 Å². The van der Waals surface area contributed by atoms with E-state index in [-0.39, 0.29) is 0 Å². The number of hydrogen-bond donors (Lipinski definition) is 0. The molecule has 8 heavy (non-hydrogen) atoms. The average Bonchev–Trinajstić information content (AvgIpc) is 1.65. The van der Waals surface area contributed by atoms with Crippen LogP contribution in [0.4, 0.5) is 4.39 Å². The van der Waals surface area contributed by atoms with E-state index in [0.29, 0.717) is 11.9 Å². The Morgan fingerprint density at radius 2 is 1.75 bits per heavy atom. The summed E-state index contributed by atoms with van der Waals surface area (Å²) in [6.07, 6.45) is 2.40. The molecule has 0 saturated heterocycles. The van der Waals surface area contributed by atoms with Gasteiger partial charge in [-0.05, 0) is 26.3 Å². The van der Waals surface area contributed by atoms with Crippen LogP contribution in [0.25, 0.3) is 0 Å². The first-order valence-corrected chi connectivity index (χ1v) is 2.58. The van der Waals surface area contributed by atoms with Gasteiger partial charge in [0.25, 0.3) is 0 Å². The molecule has 0 N–H and O–H groups in total. The van der Waals surface area contributed by atoms with Crippen molar-refractivity contribution >= 4 is 0 Å². The van der Waals surface area contributed by atoms with Gasteiger partial charge < -0.3 is 0 Å².